The van der Waals surface area contributed by atoms with Gasteiger partial charge in [0.1, 0.15) is 22.0 Å². The van der Waals surface area contributed by atoms with E-state index in [-0.39, 0.29) is 0 Å². The van der Waals surface area contributed by atoms with Gasteiger partial charge in [0, 0.05) is 35.6 Å². The molecule has 0 aliphatic rings. The summed E-state index contributed by atoms with van der Waals surface area (Å²) in [5.74, 6) is 1.11. The predicted octanol–water partition coefficient (Wildman–Crippen LogP) is 5.72. The van der Waals surface area contributed by atoms with E-state index in [2.05, 4.69) is 27.4 Å². The molecule has 0 radical (unpaired) electrons. The second kappa shape index (κ2) is 12.0. The maximum atomic E-state index is 12.2. The first kappa shape index (κ1) is 22.7. The minimum atomic E-state index is -0.453. The molecule has 0 atom stereocenters. The molecule has 31 heavy (non-hydrogen) atoms. The first-order valence-corrected chi connectivity index (χ1v) is 11.4. The standard InChI is InChI=1S/C23H28N4O3S/c1-3-4-5-6-7-8-11-25-23(28)30-19-9-10-21(29-2)20(13-19)17-12-18(15-24-14-17)22-27-26-16-31-22/h9-10,12-16H,3-8,11H2,1-2H3,(H,25,28). The molecule has 0 aliphatic carbocycles. The molecule has 0 spiro atoms. The summed E-state index contributed by atoms with van der Waals surface area (Å²) in [6.45, 7) is 2.82. The van der Waals surface area contributed by atoms with Crippen molar-refractivity contribution in [3.05, 3.63) is 42.2 Å². The smallest absolute Gasteiger partial charge is 0.412 e. The average Bonchev–Trinajstić information content (AvgIpc) is 3.34. The van der Waals surface area contributed by atoms with Gasteiger partial charge in [-0.1, -0.05) is 50.4 Å². The lowest BCUT2D eigenvalue weighted by Crippen LogP contribution is -2.27. The van der Waals surface area contributed by atoms with Gasteiger partial charge in [-0.2, -0.15) is 0 Å². The molecular weight excluding hydrogens is 412 g/mol. The number of hydrogen-bond donors (Lipinski definition) is 1. The number of benzene rings is 1. The van der Waals surface area contributed by atoms with Crippen LogP contribution in [-0.2, 0) is 0 Å². The van der Waals surface area contributed by atoms with Crippen molar-refractivity contribution in [3.8, 4) is 33.2 Å². The van der Waals surface area contributed by atoms with Gasteiger partial charge in [-0.3, -0.25) is 4.98 Å². The third kappa shape index (κ3) is 6.75. The van der Waals surface area contributed by atoms with Crippen molar-refractivity contribution in [1.82, 2.24) is 20.5 Å². The summed E-state index contributed by atoms with van der Waals surface area (Å²) in [5.41, 5.74) is 4.16. The normalized spacial score (nSPS) is 10.6. The van der Waals surface area contributed by atoms with Crippen LogP contribution in [0.25, 0.3) is 21.7 Å². The molecule has 0 unspecified atom stereocenters. The van der Waals surface area contributed by atoms with Crippen LogP contribution in [0.3, 0.4) is 0 Å². The number of pyridine rings is 1. The van der Waals surface area contributed by atoms with Crippen LogP contribution in [0.5, 0.6) is 11.5 Å². The molecule has 0 aliphatic heterocycles. The number of aromatic nitrogens is 3. The van der Waals surface area contributed by atoms with E-state index >= 15 is 0 Å². The Hall–Kier alpha value is -3.00. The number of rotatable bonds is 11. The first-order valence-electron chi connectivity index (χ1n) is 10.6. The molecular formula is C23H28N4O3S. The van der Waals surface area contributed by atoms with E-state index in [1.165, 1.54) is 37.0 Å². The number of nitrogens with one attached hydrogen (secondary N) is 1. The molecule has 2 aromatic heterocycles. The van der Waals surface area contributed by atoms with Crippen LogP contribution in [0, 0.1) is 0 Å². The topological polar surface area (TPSA) is 86.2 Å². The van der Waals surface area contributed by atoms with E-state index in [0.717, 1.165) is 34.5 Å². The summed E-state index contributed by atoms with van der Waals surface area (Å²) in [6, 6.07) is 7.25. The van der Waals surface area contributed by atoms with Crippen LogP contribution in [-0.4, -0.2) is 34.9 Å². The van der Waals surface area contributed by atoms with Crippen molar-refractivity contribution < 1.29 is 14.3 Å². The average molecular weight is 441 g/mol. The van der Waals surface area contributed by atoms with Gasteiger partial charge >= 0.3 is 6.09 Å². The molecule has 1 N–H and O–H groups in total. The Morgan fingerprint density at radius 2 is 1.87 bits per heavy atom. The summed E-state index contributed by atoms with van der Waals surface area (Å²) in [5, 5.41) is 11.6. The molecule has 0 saturated carbocycles. The van der Waals surface area contributed by atoms with Crippen molar-refractivity contribution in [2.24, 2.45) is 0 Å². The molecule has 164 valence electrons. The van der Waals surface area contributed by atoms with Crippen molar-refractivity contribution in [2.75, 3.05) is 13.7 Å². The van der Waals surface area contributed by atoms with Crippen molar-refractivity contribution in [2.45, 2.75) is 45.4 Å². The van der Waals surface area contributed by atoms with Gasteiger partial charge in [-0.25, -0.2) is 4.79 Å². The van der Waals surface area contributed by atoms with Gasteiger partial charge in [0.2, 0.25) is 0 Å². The van der Waals surface area contributed by atoms with Gasteiger partial charge in [-0.05, 0) is 30.7 Å². The zero-order chi connectivity index (χ0) is 21.9. The number of amides is 1. The Balaban J connectivity index is 1.63. The second-order valence-electron chi connectivity index (χ2n) is 7.15. The van der Waals surface area contributed by atoms with Gasteiger partial charge in [0.25, 0.3) is 0 Å². The van der Waals surface area contributed by atoms with Gasteiger partial charge in [0.15, 0.2) is 0 Å². The number of ether oxygens (including phenoxy) is 2. The van der Waals surface area contributed by atoms with Gasteiger partial charge < -0.3 is 14.8 Å². The molecule has 8 heteroatoms. The number of nitrogens with zero attached hydrogens (tertiary/aromatic N) is 3. The van der Waals surface area contributed by atoms with E-state index in [1.54, 1.807) is 43.2 Å². The third-order valence-electron chi connectivity index (χ3n) is 4.84. The molecule has 2 heterocycles. The summed E-state index contributed by atoms with van der Waals surface area (Å²) in [4.78, 5) is 16.5. The SMILES string of the molecule is CCCCCCCCNC(=O)Oc1ccc(OC)c(-c2cncc(-c3nncs3)c2)c1. The van der Waals surface area contributed by atoms with E-state index in [9.17, 15) is 4.79 Å². The Labute approximate surface area is 186 Å². The summed E-state index contributed by atoms with van der Waals surface area (Å²) in [6.07, 6.45) is 10.1. The summed E-state index contributed by atoms with van der Waals surface area (Å²) < 4.78 is 11.0. The highest BCUT2D eigenvalue weighted by Crippen LogP contribution is 2.35. The lowest BCUT2D eigenvalue weighted by Gasteiger charge is -2.12. The molecule has 0 saturated heterocycles. The monoisotopic (exact) mass is 440 g/mol. The Morgan fingerprint density at radius 3 is 2.65 bits per heavy atom. The fraction of sp³-hybridized carbons (Fsp3) is 0.391. The van der Waals surface area contributed by atoms with Crippen LogP contribution in [0.1, 0.15) is 45.4 Å². The van der Waals surface area contributed by atoms with E-state index < -0.39 is 6.09 Å². The quantitative estimate of drug-likeness (QED) is 0.384. The zero-order valence-electron chi connectivity index (χ0n) is 18.0. The molecule has 1 aromatic carbocycles. The fourth-order valence-electron chi connectivity index (χ4n) is 3.22. The van der Waals surface area contributed by atoms with Crippen molar-refractivity contribution in [3.63, 3.8) is 0 Å². The maximum absolute atomic E-state index is 12.2. The highest BCUT2D eigenvalue weighted by atomic mass is 32.1. The van der Waals surface area contributed by atoms with E-state index in [4.69, 9.17) is 9.47 Å². The largest absolute Gasteiger partial charge is 0.496 e. The van der Waals surface area contributed by atoms with Crippen LogP contribution < -0.4 is 14.8 Å². The van der Waals surface area contributed by atoms with Gasteiger partial charge in [-0.15, -0.1) is 10.2 Å². The number of methoxy groups -OCH3 is 1. The predicted molar refractivity (Wildman–Crippen MR) is 123 cm³/mol. The third-order valence-corrected chi connectivity index (χ3v) is 5.58. The van der Waals surface area contributed by atoms with Crippen LogP contribution in [0.4, 0.5) is 4.79 Å². The molecule has 3 aromatic rings. The lowest BCUT2D eigenvalue weighted by molar-refractivity contribution is 0.200. The highest BCUT2D eigenvalue weighted by molar-refractivity contribution is 7.12. The number of hydrogen-bond acceptors (Lipinski definition) is 7. The van der Waals surface area contributed by atoms with E-state index in [1.807, 2.05) is 6.07 Å². The molecule has 1 amide bonds. The van der Waals surface area contributed by atoms with Crippen LogP contribution in [0.2, 0.25) is 0 Å². The zero-order valence-corrected chi connectivity index (χ0v) is 18.8. The number of carbonyl (C=O) groups is 1. The maximum Gasteiger partial charge on any atom is 0.412 e. The van der Waals surface area contributed by atoms with E-state index in [0.29, 0.717) is 18.0 Å². The molecule has 3 rings (SSSR count). The highest BCUT2D eigenvalue weighted by Gasteiger charge is 2.12. The Kier molecular flexibility index (Phi) is 8.78. The minimum absolute atomic E-state index is 0.442. The van der Waals surface area contributed by atoms with Crippen molar-refractivity contribution >= 4 is 17.4 Å². The fourth-order valence-corrected chi connectivity index (χ4v) is 3.75. The lowest BCUT2D eigenvalue weighted by atomic mass is 10.0. The van der Waals surface area contributed by atoms with Crippen LogP contribution in [0.15, 0.2) is 42.2 Å². The molecule has 7 nitrogen and oxygen atoms in total. The van der Waals surface area contributed by atoms with Gasteiger partial charge in [0.05, 0.1) is 7.11 Å². The summed E-state index contributed by atoms with van der Waals surface area (Å²) in [7, 11) is 1.61. The first-order chi connectivity index (χ1) is 15.2. The Morgan fingerprint density at radius 1 is 1.06 bits per heavy atom. The Bertz CT molecular complexity index is 963. The van der Waals surface area contributed by atoms with Crippen LogP contribution >= 0.6 is 11.3 Å². The minimum Gasteiger partial charge on any atom is -0.496 e. The number of unbranched alkanes of at least 4 members (excludes halogenated alkanes) is 5. The second-order valence-corrected chi connectivity index (χ2v) is 7.99. The summed E-state index contributed by atoms with van der Waals surface area (Å²) >= 11 is 1.44. The molecule has 0 fully saturated rings. The van der Waals surface area contributed by atoms with Crippen molar-refractivity contribution in [1.29, 1.82) is 0 Å². The number of carbonyl (C=O) groups excluding carboxylic acids is 1. The molecule has 0 bridgehead atoms.